The first-order valence-electron chi connectivity index (χ1n) is 6.83. The van der Waals surface area contributed by atoms with Crippen molar-refractivity contribution >= 4 is 5.91 Å². The maximum absolute atomic E-state index is 12.8. The van der Waals surface area contributed by atoms with Crippen LogP contribution in [0.15, 0.2) is 24.3 Å². The molecule has 0 saturated heterocycles. The topological polar surface area (TPSA) is 32.3 Å². The molecule has 4 heteroatoms. The number of rotatable bonds is 5. The fourth-order valence-electron chi connectivity index (χ4n) is 2.33. The van der Waals surface area contributed by atoms with Crippen LogP contribution >= 0.6 is 0 Å². The second-order valence-electron chi connectivity index (χ2n) is 5.21. The second kappa shape index (κ2) is 6.15. The molecule has 0 bridgehead atoms. The van der Waals surface area contributed by atoms with Gasteiger partial charge in [-0.15, -0.1) is 0 Å². The maximum Gasteiger partial charge on any atom is 0.236 e. The number of carbonyl (C=O) groups is 1. The van der Waals surface area contributed by atoms with Crippen molar-refractivity contribution < 1.29 is 9.18 Å². The Morgan fingerprint density at radius 3 is 2.58 bits per heavy atom. The monoisotopic (exact) mass is 264 g/mol. The van der Waals surface area contributed by atoms with E-state index in [0.29, 0.717) is 18.5 Å². The van der Waals surface area contributed by atoms with Gasteiger partial charge in [-0.1, -0.05) is 12.1 Å². The van der Waals surface area contributed by atoms with Gasteiger partial charge >= 0.3 is 0 Å². The van der Waals surface area contributed by atoms with Gasteiger partial charge in [0.15, 0.2) is 0 Å². The smallest absolute Gasteiger partial charge is 0.236 e. The van der Waals surface area contributed by atoms with Crippen molar-refractivity contribution in [2.45, 2.75) is 31.7 Å². The molecule has 0 radical (unpaired) electrons. The summed E-state index contributed by atoms with van der Waals surface area (Å²) in [5.41, 5.74) is 1.19. The van der Waals surface area contributed by atoms with Gasteiger partial charge < -0.3 is 10.2 Å². The molecule has 0 spiro atoms. The van der Waals surface area contributed by atoms with Crippen LogP contribution in [0.3, 0.4) is 0 Å². The first kappa shape index (κ1) is 14.0. The minimum absolute atomic E-state index is 0.132. The standard InChI is InChI=1S/C15H21FN2O/c1-3-18(2)15(19)10-17-14-8-12(9-14)11-4-6-13(16)7-5-11/h4-7,12,14,17H,3,8-10H2,1-2H3. The molecule has 1 amide bonds. The van der Waals surface area contributed by atoms with Gasteiger partial charge in [0.05, 0.1) is 6.54 Å². The van der Waals surface area contributed by atoms with E-state index in [0.717, 1.165) is 19.4 Å². The van der Waals surface area contributed by atoms with Gasteiger partial charge in [-0.05, 0) is 43.4 Å². The summed E-state index contributed by atoms with van der Waals surface area (Å²) in [5, 5.41) is 3.28. The highest BCUT2D eigenvalue weighted by molar-refractivity contribution is 5.77. The van der Waals surface area contributed by atoms with Crippen molar-refractivity contribution in [2.24, 2.45) is 0 Å². The summed E-state index contributed by atoms with van der Waals surface area (Å²) in [7, 11) is 1.81. The Labute approximate surface area is 113 Å². The molecule has 1 N–H and O–H groups in total. The van der Waals surface area contributed by atoms with E-state index in [1.165, 1.54) is 17.7 Å². The number of nitrogens with one attached hydrogen (secondary N) is 1. The Hall–Kier alpha value is -1.42. The summed E-state index contributed by atoms with van der Waals surface area (Å²) >= 11 is 0. The molecule has 1 aromatic rings. The van der Waals surface area contributed by atoms with Gasteiger partial charge in [0.1, 0.15) is 5.82 Å². The summed E-state index contributed by atoms with van der Waals surface area (Å²) in [6.45, 7) is 3.11. The summed E-state index contributed by atoms with van der Waals surface area (Å²) in [6.07, 6.45) is 2.05. The van der Waals surface area contributed by atoms with Crippen molar-refractivity contribution in [3.8, 4) is 0 Å². The Morgan fingerprint density at radius 2 is 2.00 bits per heavy atom. The lowest BCUT2D eigenvalue weighted by Gasteiger charge is -2.36. The van der Waals surface area contributed by atoms with Crippen LogP contribution in [0.1, 0.15) is 31.2 Å². The van der Waals surface area contributed by atoms with Gasteiger partial charge in [-0.2, -0.15) is 0 Å². The number of benzene rings is 1. The third kappa shape index (κ3) is 3.53. The van der Waals surface area contributed by atoms with Crippen molar-refractivity contribution in [3.05, 3.63) is 35.6 Å². The fourth-order valence-corrected chi connectivity index (χ4v) is 2.33. The molecule has 0 aliphatic heterocycles. The lowest BCUT2D eigenvalue weighted by Crippen LogP contribution is -2.45. The van der Waals surface area contributed by atoms with Gasteiger partial charge in [0, 0.05) is 19.6 Å². The van der Waals surface area contributed by atoms with E-state index >= 15 is 0 Å². The van der Waals surface area contributed by atoms with E-state index < -0.39 is 0 Å². The fraction of sp³-hybridized carbons (Fsp3) is 0.533. The van der Waals surface area contributed by atoms with E-state index in [1.54, 1.807) is 4.90 Å². The third-order valence-electron chi connectivity index (χ3n) is 3.92. The first-order valence-corrected chi connectivity index (χ1v) is 6.83. The molecular weight excluding hydrogens is 243 g/mol. The normalized spacial score (nSPS) is 21.8. The van der Waals surface area contributed by atoms with Crippen LogP contribution in [-0.2, 0) is 4.79 Å². The van der Waals surface area contributed by atoms with Crippen LogP contribution in [0.4, 0.5) is 4.39 Å². The van der Waals surface area contributed by atoms with Crippen LogP contribution in [0.5, 0.6) is 0 Å². The van der Waals surface area contributed by atoms with Gasteiger partial charge in [0.25, 0.3) is 0 Å². The summed E-state index contributed by atoms with van der Waals surface area (Å²) < 4.78 is 12.8. The average molecular weight is 264 g/mol. The first-order chi connectivity index (χ1) is 9.10. The Morgan fingerprint density at radius 1 is 1.37 bits per heavy atom. The van der Waals surface area contributed by atoms with E-state index in [4.69, 9.17) is 0 Å². The number of amides is 1. The van der Waals surface area contributed by atoms with Crippen molar-refractivity contribution in [3.63, 3.8) is 0 Å². The number of likely N-dealkylation sites (N-methyl/N-ethyl adjacent to an activating group) is 1. The Kier molecular flexibility index (Phi) is 4.53. The molecule has 1 fully saturated rings. The second-order valence-corrected chi connectivity index (χ2v) is 5.21. The Balaban J connectivity index is 1.72. The summed E-state index contributed by atoms with van der Waals surface area (Å²) in [5.74, 6) is 0.441. The predicted octanol–water partition coefficient (Wildman–Crippen LogP) is 2.14. The highest BCUT2D eigenvalue weighted by atomic mass is 19.1. The van der Waals surface area contributed by atoms with Crippen LogP contribution in [0.25, 0.3) is 0 Å². The predicted molar refractivity (Wildman–Crippen MR) is 73.5 cm³/mol. The van der Waals surface area contributed by atoms with E-state index in [9.17, 15) is 9.18 Å². The Bertz CT molecular complexity index is 426. The van der Waals surface area contributed by atoms with Gasteiger partial charge in [-0.25, -0.2) is 4.39 Å². The highest BCUT2D eigenvalue weighted by Gasteiger charge is 2.30. The molecule has 1 aliphatic carbocycles. The largest absolute Gasteiger partial charge is 0.345 e. The van der Waals surface area contributed by atoms with E-state index in [1.807, 2.05) is 26.1 Å². The molecule has 0 unspecified atom stereocenters. The number of hydrogen-bond acceptors (Lipinski definition) is 2. The molecule has 104 valence electrons. The molecule has 1 saturated carbocycles. The SMILES string of the molecule is CCN(C)C(=O)CNC1CC(c2ccc(F)cc2)C1. The summed E-state index contributed by atoms with van der Waals surface area (Å²) in [4.78, 5) is 13.3. The number of nitrogens with zero attached hydrogens (tertiary/aromatic N) is 1. The lowest BCUT2D eigenvalue weighted by atomic mass is 9.76. The number of hydrogen-bond donors (Lipinski definition) is 1. The average Bonchev–Trinajstić information content (AvgIpc) is 2.37. The molecule has 1 aliphatic rings. The molecule has 2 rings (SSSR count). The number of carbonyl (C=O) groups excluding carboxylic acids is 1. The highest BCUT2D eigenvalue weighted by Crippen LogP contribution is 2.36. The van der Waals surface area contributed by atoms with Crippen molar-refractivity contribution in [2.75, 3.05) is 20.1 Å². The summed E-state index contributed by atoms with van der Waals surface area (Å²) in [6, 6.07) is 7.13. The number of halogens is 1. The molecule has 0 atom stereocenters. The zero-order chi connectivity index (χ0) is 13.8. The minimum atomic E-state index is -0.189. The molecule has 0 aromatic heterocycles. The van der Waals surface area contributed by atoms with Crippen molar-refractivity contribution in [1.82, 2.24) is 10.2 Å². The molecule has 19 heavy (non-hydrogen) atoms. The quantitative estimate of drug-likeness (QED) is 0.883. The van der Waals surface area contributed by atoms with E-state index in [-0.39, 0.29) is 11.7 Å². The lowest BCUT2D eigenvalue weighted by molar-refractivity contribution is -0.129. The van der Waals surface area contributed by atoms with Crippen LogP contribution in [-0.4, -0.2) is 37.0 Å². The minimum Gasteiger partial charge on any atom is -0.345 e. The zero-order valence-electron chi connectivity index (χ0n) is 11.5. The zero-order valence-corrected chi connectivity index (χ0v) is 11.5. The molecule has 3 nitrogen and oxygen atoms in total. The van der Waals surface area contributed by atoms with Crippen LogP contribution in [0.2, 0.25) is 0 Å². The third-order valence-corrected chi connectivity index (χ3v) is 3.92. The van der Waals surface area contributed by atoms with Crippen LogP contribution in [0, 0.1) is 5.82 Å². The van der Waals surface area contributed by atoms with Gasteiger partial charge in [0.2, 0.25) is 5.91 Å². The maximum atomic E-state index is 12.8. The van der Waals surface area contributed by atoms with Gasteiger partial charge in [-0.3, -0.25) is 4.79 Å². The van der Waals surface area contributed by atoms with E-state index in [2.05, 4.69) is 5.32 Å². The molecular formula is C15H21FN2O. The van der Waals surface area contributed by atoms with Crippen LogP contribution < -0.4 is 5.32 Å². The van der Waals surface area contributed by atoms with Crippen molar-refractivity contribution in [1.29, 1.82) is 0 Å². The molecule has 0 heterocycles. The molecule has 1 aromatic carbocycles.